The van der Waals surface area contributed by atoms with Gasteiger partial charge < -0.3 is 4.42 Å². The molecule has 0 amide bonds. The highest BCUT2D eigenvalue weighted by molar-refractivity contribution is 5.19. The number of halogens is 1. The van der Waals surface area contributed by atoms with Gasteiger partial charge in [-0.25, -0.2) is 4.39 Å². The van der Waals surface area contributed by atoms with Crippen molar-refractivity contribution < 1.29 is 8.81 Å². The molecule has 0 N–H and O–H groups in total. The van der Waals surface area contributed by atoms with Crippen molar-refractivity contribution in [2.45, 2.75) is 38.3 Å². The van der Waals surface area contributed by atoms with E-state index in [0.717, 1.165) is 24.3 Å². The van der Waals surface area contributed by atoms with E-state index in [4.69, 9.17) is 4.42 Å². The Morgan fingerprint density at radius 3 is 2.65 bits per heavy atom. The lowest BCUT2D eigenvalue weighted by molar-refractivity contribution is 0.225. The highest BCUT2D eigenvalue weighted by atomic mass is 19.1. The Morgan fingerprint density at radius 2 is 2.00 bits per heavy atom. The Morgan fingerprint density at radius 1 is 1.30 bits per heavy atom. The van der Waals surface area contributed by atoms with E-state index in [1.165, 1.54) is 12.1 Å². The van der Waals surface area contributed by atoms with Crippen LogP contribution in [0.5, 0.6) is 0 Å². The van der Waals surface area contributed by atoms with Crippen LogP contribution in [0, 0.1) is 5.82 Å². The van der Waals surface area contributed by atoms with Crippen molar-refractivity contribution in [1.29, 1.82) is 0 Å². The zero-order valence-corrected chi connectivity index (χ0v) is 11.7. The molecule has 0 saturated heterocycles. The SMILES string of the molecule is CC(c1ccc(F)cc1)N(C)Cc1nnc(C2CC2)o1. The van der Waals surface area contributed by atoms with Crippen LogP contribution in [-0.2, 0) is 6.54 Å². The molecule has 0 aliphatic heterocycles. The Kier molecular flexibility index (Phi) is 3.53. The van der Waals surface area contributed by atoms with Crippen molar-refractivity contribution in [2.24, 2.45) is 0 Å². The second kappa shape index (κ2) is 5.32. The summed E-state index contributed by atoms with van der Waals surface area (Å²) in [5.74, 6) is 1.68. The second-order valence-corrected chi connectivity index (χ2v) is 5.45. The Bertz CT molecular complexity index is 577. The lowest BCUT2D eigenvalue weighted by Crippen LogP contribution is -2.22. The summed E-state index contributed by atoms with van der Waals surface area (Å²) in [6, 6.07) is 6.74. The number of aromatic nitrogens is 2. The van der Waals surface area contributed by atoms with E-state index >= 15 is 0 Å². The molecule has 1 atom stereocenters. The molecular weight excluding hydrogens is 257 g/mol. The molecule has 1 saturated carbocycles. The van der Waals surface area contributed by atoms with Crippen LogP contribution >= 0.6 is 0 Å². The van der Waals surface area contributed by atoms with Gasteiger partial charge in [0, 0.05) is 12.0 Å². The fraction of sp³-hybridized carbons (Fsp3) is 0.467. The summed E-state index contributed by atoms with van der Waals surface area (Å²) < 4.78 is 18.6. The number of benzene rings is 1. The number of nitrogens with zero attached hydrogens (tertiary/aromatic N) is 3. The summed E-state index contributed by atoms with van der Waals surface area (Å²) in [5.41, 5.74) is 1.07. The van der Waals surface area contributed by atoms with E-state index in [9.17, 15) is 4.39 Å². The lowest BCUT2D eigenvalue weighted by Gasteiger charge is -2.23. The molecule has 0 spiro atoms. The van der Waals surface area contributed by atoms with E-state index in [1.54, 1.807) is 12.1 Å². The van der Waals surface area contributed by atoms with Crippen molar-refractivity contribution >= 4 is 0 Å². The molecular formula is C15H18FN3O. The predicted octanol–water partition coefficient (Wildman–Crippen LogP) is 3.28. The fourth-order valence-electron chi connectivity index (χ4n) is 2.17. The summed E-state index contributed by atoms with van der Waals surface area (Å²) in [7, 11) is 2.00. The van der Waals surface area contributed by atoms with Crippen molar-refractivity contribution in [3.63, 3.8) is 0 Å². The number of rotatable bonds is 5. The van der Waals surface area contributed by atoms with E-state index in [-0.39, 0.29) is 11.9 Å². The molecule has 2 aromatic rings. The topological polar surface area (TPSA) is 42.2 Å². The minimum Gasteiger partial charge on any atom is -0.424 e. The van der Waals surface area contributed by atoms with Crippen LogP contribution in [-0.4, -0.2) is 22.1 Å². The molecule has 1 fully saturated rings. The van der Waals surface area contributed by atoms with E-state index in [2.05, 4.69) is 22.0 Å². The molecule has 1 unspecified atom stereocenters. The zero-order chi connectivity index (χ0) is 14.1. The normalized spacial score (nSPS) is 16.6. The van der Waals surface area contributed by atoms with Crippen LogP contribution < -0.4 is 0 Å². The molecule has 1 aliphatic rings. The Balaban J connectivity index is 1.64. The molecule has 0 radical (unpaired) electrons. The van der Waals surface area contributed by atoms with E-state index < -0.39 is 0 Å². The van der Waals surface area contributed by atoms with Crippen LogP contribution in [0.4, 0.5) is 4.39 Å². The molecule has 4 nitrogen and oxygen atoms in total. The number of hydrogen-bond acceptors (Lipinski definition) is 4. The van der Waals surface area contributed by atoms with Crippen molar-refractivity contribution in [1.82, 2.24) is 15.1 Å². The summed E-state index contributed by atoms with van der Waals surface area (Å²) in [4.78, 5) is 2.11. The van der Waals surface area contributed by atoms with Crippen molar-refractivity contribution in [3.8, 4) is 0 Å². The summed E-state index contributed by atoms with van der Waals surface area (Å²) in [5, 5.41) is 8.17. The van der Waals surface area contributed by atoms with Gasteiger partial charge in [0.25, 0.3) is 0 Å². The molecule has 1 aromatic carbocycles. The molecule has 0 bridgehead atoms. The highest BCUT2D eigenvalue weighted by Gasteiger charge is 2.29. The monoisotopic (exact) mass is 275 g/mol. The predicted molar refractivity (Wildman–Crippen MR) is 72.6 cm³/mol. The van der Waals surface area contributed by atoms with Crippen LogP contribution in [0.25, 0.3) is 0 Å². The van der Waals surface area contributed by atoms with Gasteiger partial charge in [0.15, 0.2) is 0 Å². The maximum absolute atomic E-state index is 12.9. The third-order valence-corrected chi connectivity index (χ3v) is 3.81. The third kappa shape index (κ3) is 2.88. The molecule has 1 aromatic heterocycles. The largest absolute Gasteiger partial charge is 0.424 e. The van der Waals surface area contributed by atoms with E-state index in [0.29, 0.717) is 18.4 Å². The minimum atomic E-state index is -0.213. The van der Waals surface area contributed by atoms with Gasteiger partial charge in [-0.1, -0.05) is 12.1 Å². The first-order chi connectivity index (χ1) is 9.63. The smallest absolute Gasteiger partial charge is 0.230 e. The average Bonchev–Trinajstić information content (AvgIpc) is 3.20. The molecule has 1 aliphatic carbocycles. The van der Waals surface area contributed by atoms with Crippen molar-refractivity contribution in [3.05, 3.63) is 47.4 Å². The van der Waals surface area contributed by atoms with Crippen molar-refractivity contribution in [2.75, 3.05) is 7.05 Å². The van der Waals surface area contributed by atoms with Crippen LogP contribution in [0.3, 0.4) is 0 Å². The van der Waals surface area contributed by atoms with E-state index in [1.807, 2.05) is 7.05 Å². The summed E-state index contributed by atoms with van der Waals surface area (Å²) >= 11 is 0. The molecule has 5 heteroatoms. The summed E-state index contributed by atoms with van der Waals surface area (Å²) in [6.45, 7) is 2.67. The molecule has 20 heavy (non-hydrogen) atoms. The first-order valence-electron chi connectivity index (χ1n) is 6.91. The minimum absolute atomic E-state index is 0.159. The van der Waals surface area contributed by atoms with Gasteiger partial charge in [0.1, 0.15) is 5.82 Å². The Hall–Kier alpha value is -1.75. The zero-order valence-electron chi connectivity index (χ0n) is 11.7. The average molecular weight is 275 g/mol. The first-order valence-corrected chi connectivity index (χ1v) is 6.91. The van der Waals surface area contributed by atoms with Gasteiger partial charge in [-0.2, -0.15) is 0 Å². The van der Waals surface area contributed by atoms with Crippen LogP contribution in [0.1, 0.15) is 49.1 Å². The fourth-order valence-corrected chi connectivity index (χ4v) is 2.17. The van der Waals surface area contributed by atoms with Crippen LogP contribution in [0.15, 0.2) is 28.7 Å². The maximum atomic E-state index is 12.9. The lowest BCUT2D eigenvalue weighted by atomic mass is 10.1. The first kappa shape index (κ1) is 13.2. The van der Waals surface area contributed by atoms with Gasteiger partial charge in [0.05, 0.1) is 6.54 Å². The molecule has 3 rings (SSSR count). The second-order valence-electron chi connectivity index (χ2n) is 5.45. The van der Waals surface area contributed by atoms with Gasteiger partial charge in [-0.3, -0.25) is 4.90 Å². The van der Waals surface area contributed by atoms with Gasteiger partial charge in [0.2, 0.25) is 11.8 Å². The number of hydrogen-bond donors (Lipinski definition) is 0. The van der Waals surface area contributed by atoms with Gasteiger partial charge >= 0.3 is 0 Å². The van der Waals surface area contributed by atoms with Gasteiger partial charge in [-0.15, -0.1) is 10.2 Å². The quantitative estimate of drug-likeness (QED) is 0.839. The highest BCUT2D eigenvalue weighted by Crippen LogP contribution is 2.39. The third-order valence-electron chi connectivity index (χ3n) is 3.81. The standard InChI is InChI=1S/C15H18FN3O/c1-10(11-5-7-13(16)8-6-11)19(2)9-14-17-18-15(20-14)12-3-4-12/h5-8,10,12H,3-4,9H2,1-2H3. The Labute approximate surface area is 117 Å². The molecule has 1 heterocycles. The maximum Gasteiger partial charge on any atom is 0.230 e. The summed E-state index contributed by atoms with van der Waals surface area (Å²) in [6.07, 6.45) is 2.31. The molecule has 106 valence electrons. The van der Waals surface area contributed by atoms with Crippen LogP contribution in [0.2, 0.25) is 0 Å². The van der Waals surface area contributed by atoms with Gasteiger partial charge in [-0.05, 0) is 44.5 Å².